The lowest BCUT2D eigenvalue weighted by Gasteiger charge is -2.38. The maximum atomic E-state index is 12.7. The van der Waals surface area contributed by atoms with Gasteiger partial charge in [0.25, 0.3) is 5.92 Å². The van der Waals surface area contributed by atoms with Gasteiger partial charge in [-0.3, -0.25) is 14.5 Å². The molecular formula is C11H9BrF2N4O. The summed E-state index contributed by atoms with van der Waals surface area (Å²) in [6.07, 6.45) is 3.17. The third kappa shape index (κ3) is 2.32. The molecule has 8 heteroatoms. The Morgan fingerprint density at radius 2 is 2.16 bits per heavy atom. The number of aromatic nitrogens is 3. The Balaban J connectivity index is 1.78. The van der Waals surface area contributed by atoms with Gasteiger partial charge < -0.3 is 4.90 Å². The van der Waals surface area contributed by atoms with Crippen LogP contribution in [0.25, 0.3) is 11.0 Å². The first-order chi connectivity index (χ1) is 8.94. The van der Waals surface area contributed by atoms with E-state index in [1.54, 1.807) is 18.5 Å². The molecule has 0 saturated carbocycles. The number of nitrogens with zero attached hydrogens (tertiary/aromatic N) is 4. The second-order valence-electron chi connectivity index (χ2n) is 4.47. The Kier molecular flexibility index (Phi) is 2.77. The minimum absolute atomic E-state index is 0.0578. The number of hydrogen-bond donors (Lipinski definition) is 0. The van der Waals surface area contributed by atoms with E-state index >= 15 is 0 Å². The van der Waals surface area contributed by atoms with E-state index in [4.69, 9.17) is 0 Å². The van der Waals surface area contributed by atoms with Crippen molar-refractivity contribution in [2.24, 2.45) is 0 Å². The summed E-state index contributed by atoms with van der Waals surface area (Å²) in [6, 6.07) is 1.79. The Labute approximate surface area is 115 Å². The summed E-state index contributed by atoms with van der Waals surface area (Å²) in [7, 11) is 0. The zero-order valence-electron chi connectivity index (χ0n) is 9.68. The van der Waals surface area contributed by atoms with Crippen LogP contribution in [0.15, 0.2) is 22.9 Å². The number of fused-ring (bicyclic) bond motifs is 1. The summed E-state index contributed by atoms with van der Waals surface area (Å²) in [5, 5.41) is 4.05. The van der Waals surface area contributed by atoms with Crippen molar-refractivity contribution < 1.29 is 13.6 Å². The smallest absolute Gasteiger partial charge is 0.282 e. The molecule has 1 aliphatic rings. The van der Waals surface area contributed by atoms with Gasteiger partial charge in [-0.05, 0) is 22.0 Å². The Bertz CT molecular complexity index is 649. The number of rotatable bonds is 2. The van der Waals surface area contributed by atoms with Crippen LogP contribution in [0.3, 0.4) is 0 Å². The first-order valence-corrected chi connectivity index (χ1v) is 6.37. The van der Waals surface area contributed by atoms with Crippen LogP contribution in [0.1, 0.15) is 0 Å². The SMILES string of the molecule is O=C(Cn1ncc2ncc(Br)cc21)N1CC(F)(F)C1. The van der Waals surface area contributed by atoms with Crippen LogP contribution < -0.4 is 0 Å². The van der Waals surface area contributed by atoms with E-state index in [-0.39, 0.29) is 12.5 Å². The molecule has 0 bridgehead atoms. The monoisotopic (exact) mass is 330 g/mol. The lowest BCUT2D eigenvalue weighted by molar-refractivity contribution is -0.166. The molecular weight excluding hydrogens is 322 g/mol. The van der Waals surface area contributed by atoms with Crippen molar-refractivity contribution in [1.29, 1.82) is 0 Å². The van der Waals surface area contributed by atoms with Gasteiger partial charge in [-0.1, -0.05) is 0 Å². The zero-order chi connectivity index (χ0) is 13.6. The molecule has 5 nitrogen and oxygen atoms in total. The summed E-state index contributed by atoms with van der Waals surface area (Å²) in [5.41, 5.74) is 1.35. The molecule has 0 atom stereocenters. The van der Waals surface area contributed by atoms with Crippen LogP contribution in [0.2, 0.25) is 0 Å². The predicted molar refractivity (Wildman–Crippen MR) is 66.8 cm³/mol. The molecule has 0 radical (unpaired) electrons. The van der Waals surface area contributed by atoms with Gasteiger partial charge in [-0.25, -0.2) is 8.78 Å². The number of likely N-dealkylation sites (tertiary alicyclic amines) is 1. The van der Waals surface area contributed by atoms with Crippen LogP contribution in [0.4, 0.5) is 8.78 Å². The fourth-order valence-corrected chi connectivity index (χ4v) is 2.29. The van der Waals surface area contributed by atoms with Crippen LogP contribution in [-0.4, -0.2) is 44.6 Å². The predicted octanol–water partition coefficient (Wildman–Crippen LogP) is 1.67. The van der Waals surface area contributed by atoms with E-state index in [0.29, 0.717) is 11.0 Å². The lowest BCUT2D eigenvalue weighted by atomic mass is 10.1. The zero-order valence-corrected chi connectivity index (χ0v) is 11.3. The largest absolute Gasteiger partial charge is 0.329 e. The highest BCUT2D eigenvalue weighted by atomic mass is 79.9. The molecule has 1 amide bonds. The maximum Gasteiger partial charge on any atom is 0.282 e. The molecule has 0 aliphatic carbocycles. The molecule has 3 rings (SSSR count). The quantitative estimate of drug-likeness (QED) is 0.841. The minimum atomic E-state index is -2.74. The highest BCUT2D eigenvalue weighted by Gasteiger charge is 2.46. The van der Waals surface area contributed by atoms with Gasteiger partial charge in [0.2, 0.25) is 5.91 Å². The van der Waals surface area contributed by atoms with Crippen molar-refractivity contribution in [3.63, 3.8) is 0 Å². The first-order valence-electron chi connectivity index (χ1n) is 5.57. The summed E-state index contributed by atoms with van der Waals surface area (Å²) in [4.78, 5) is 17.1. The third-order valence-electron chi connectivity index (χ3n) is 2.94. The summed E-state index contributed by atoms with van der Waals surface area (Å²) >= 11 is 3.29. The van der Waals surface area contributed by atoms with Crippen molar-refractivity contribution >= 4 is 32.9 Å². The topological polar surface area (TPSA) is 51.0 Å². The third-order valence-corrected chi connectivity index (χ3v) is 3.38. The average molecular weight is 331 g/mol. The van der Waals surface area contributed by atoms with Crippen LogP contribution in [0.5, 0.6) is 0 Å². The first kappa shape index (κ1) is 12.5. The van der Waals surface area contributed by atoms with E-state index in [2.05, 4.69) is 26.0 Å². The molecule has 1 fully saturated rings. The van der Waals surface area contributed by atoms with Crippen molar-refractivity contribution in [1.82, 2.24) is 19.7 Å². The number of pyridine rings is 1. The fourth-order valence-electron chi connectivity index (χ4n) is 1.97. The van der Waals surface area contributed by atoms with Gasteiger partial charge >= 0.3 is 0 Å². The number of carbonyl (C=O) groups is 1. The second-order valence-corrected chi connectivity index (χ2v) is 5.38. The van der Waals surface area contributed by atoms with Crippen molar-refractivity contribution in [3.05, 3.63) is 22.9 Å². The van der Waals surface area contributed by atoms with Gasteiger partial charge in [0.15, 0.2) is 0 Å². The number of carbonyl (C=O) groups excluding carboxylic acids is 1. The average Bonchev–Trinajstić information content (AvgIpc) is 2.68. The molecule has 0 aromatic carbocycles. The van der Waals surface area contributed by atoms with Gasteiger partial charge in [-0.15, -0.1) is 0 Å². The van der Waals surface area contributed by atoms with E-state index < -0.39 is 19.0 Å². The van der Waals surface area contributed by atoms with Crippen molar-refractivity contribution in [2.45, 2.75) is 12.5 Å². The summed E-state index contributed by atoms with van der Waals surface area (Å²) < 4.78 is 27.6. The second kappa shape index (κ2) is 4.22. The number of amides is 1. The summed E-state index contributed by atoms with van der Waals surface area (Å²) in [5.74, 6) is -3.11. The Morgan fingerprint density at radius 1 is 1.42 bits per heavy atom. The van der Waals surface area contributed by atoms with Gasteiger partial charge in [0.1, 0.15) is 12.1 Å². The molecule has 1 aliphatic heterocycles. The molecule has 3 heterocycles. The number of halogens is 3. The number of alkyl halides is 2. The van der Waals surface area contributed by atoms with Crippen LogP contribution in [0, 0.1) is 0 Å². The highest BCUT2D eigenvalue weighted by Crippen LogP contribution is 2.27. The Hall–Kier alpha value is -1.57. The lowest BCUT2D eigenvalue weighted by Crippen LogP contribution is -2.59. The molecule has 0 spiro atoms. The fraction of sp³-hybridized carbons (Fsp3) is 0.364. The van der Waals surface area contributed by atoms with E-state index in [1.165, 1.54) is 4.68 Å². The van der Waals surface area contributed by atoms with Crippen LogP contribution >= 0.6 is 15.9 Å². The molecule has 2 aromatic heterocycles. The molecule has 0 unspecified atom stereocenters. The summed E-state index contributed by atoms with van der Waals surface area (Å²) in [6.45, 7) is -1.07. The number of hydrogen-bond acceptors (Lipinski definition) is 3. The molecule has 19 heavy (non-hydrogen) atoms. The van der Waals surface area contributed by atoms with Crippen LogP contribution in [-0.2, 0) is 11.3 Å². The molecule has 1 saturated heterocycles. The molecule has 100 valence electrons. The van der Waals surface area contributed by atoms with Gasteiger partial charge in [-0.2, -0.15) is 5.10 Å². The van der Waals surface area contributed by atoms with Gasteiger partial charge in [0.05, 0.1) is 24.8 Å². The van der Waals surface area contributed by atoms with E-state index in [9.17, 15) is 13.6 Å². The standard InChI is InChI=1S/C11H9BrF2N4O/c12-7-1-9-8(15-2-7)3-16-18(9)4-10(19)17-5-11(13,14)6-17/h1-3H,4-6H2. The highest BCUT2D eigenvalue weighted by molar-refractivity contribution is 9.10. The maximum absolute atomic E-state index is 12.7. The van der Waals surface area contributed by atoms with E-state index in [1.807, 2.05) is 0 Å². The Morgan fingerprint density at radius 3 is 2.84 bits per heavy atom. The van der Waals surface area contributed by atoms with Crippen molar-refractivity contribution in [3.8, 4) is 0 Å². The van der Waals surface area contributed by atoms with Crippen molar-refractivity contribution in [2.75, 3.05) is 13.1 Å². The van der Waals surface area contributed by atoms with Gasteiger partial charge in [0, 0.05) is 10.7 Å². The minimum Gasteiger partial charge on any atom is -0.329 e. The van der Waals surface area contributed by atoms with E-state index in [0.717, 1.165) is 9.37 Å². The normalized spacial score (nSPS) is 17.5. The molecule has 0 N–H and O–H groups in total. The molecule has 2 aromatic rings.